The zero-order chi connectivity index (χ0) is 23.7. The molecule has 2 unspecified atom stereocenters. The van der Waals surface area contributed by atoms with Crippen LogP contribution in [0.2, 0.25) is 0 Å². The predicted molar refractivity (Wildman–Crippen MR) is 129 cm³/mol. The number of carbonyl (C=O) groups is 2. The first kappa shape index (κ1) is 21.7. The van der Waals surface area contributed by atoms with Crippen LogP contribution in [0.5, 0.6) is 0 Å². The number of para-hydroxylation sites is 2. The number of nitrogens with one attached hydrogen (secondary N) is 1. The number of carbonyl (C=O) groups excluding carboxylic acids is 1. The van der Waals surface area contributed by atoms with Crippen molar-refractivity contribution >= 4 is 29.2 Å². The van der Waals surface area contributed by atoms with E-state index in [1.807, 2.05) is 18.2 Å². The van der Waals surface area contributed by atoms with Gasteiger partial charge >= 0.3 is 6.09 Å². The second-order valence-electron chi connectivity index (χ2n) is 8.92. The quantitative estimate of drug-likeness (QED) is 0.501. The monoisotopic (exact) mass is 458 g/mol. The molecule has 3 fully saturated rings. The van der Waals surface area contributed by atoms with Gasteiger partial charge in [-0.1, -0.05) is 18.2 Å². The first-order chi connectivity index (χ1) is 16.4. The molecule has 3 aliphatic rings. The Morgan fingerprint density at radius 2 is 2.00 bits per heavy atom. The van der Waals surface area contributed by atoms with Crippen molar-refractivity contribution in [2.45, 2.75) is 30.8 Å². The van der Waals surface area contributed by atoms with Crippen molar-refractivity contribution in [3.8, 4) is 0 Å². The average molecular weight is 459 g/mol. The lowest BCUT2D eigenvalue weighted by molar-refractivity contribution is 0.0151. The average Bonchev–Trinajstić information content (AvgIpc) is 2.86. The summed E-state index contributed by atoms with van der Waals surface area (Å²) in [5.74, 6) is 0.447. The van der Waals surface area contributed by atoms with Gasteiger partial charge in [-0.2, -0.15) is 0 Å². The third-order valence-corrected chi connectivity index (χ3v) is 6.81. The zero-order valence-corrected chi connectivity index (χ0v) is 18.6. The van der Waals surface area contributed by atoms with Gasteiger partial charge in [0, 0.05) is 37.7 Å². The first-order valence-electron chi connectivity index (χ1n) is 11.2. The number of carboxylic acid groups (broad SMARTS) is 1. The Bertz CT molecular complexity index is 1200. The number of nitrogens with zero attached hydrogens (tertiary/aromatic N) is 4. The number of nitrogens with two attached hydrogens (primary N) is 1. The van der Waals surface area contributed by atoms with Gasteiger partial charge in [0.2, 0.25) is 0 Å². The minimum atomic E-state index is -0.895. The minimum absolute atomic E-state index is 0.0446. The number of pyridine rings is 2. The van der Waals surface area contributed by atoms with Crippen molar-refractivity contribution in [3.63, 3.8) is 0 Å². The fourth-order valence-corrected chi connectivity index (χ4v) is 5.10. The molecule has 9 heteroatoms. The molecule has 0 spiro atoms. The van der Waals surface area contributed by atoms with Crippen LogP contribution in [0.4, 0.5) is 22.0 Å². The Morgan fingerprint density at radius 3 is 2.71 bits per heavy atom. The van der Waals surface area contributed by atoms with E-state index in [-0.39, 0.29) is 11.9 Å². The van der Waals surface area contributed by atoms with Crippen LogP contribution < -0.4 is 16.0 Å². The normalized spacial score (nSPS) is 21.4. The molecule has 0 saturated carbocycles. The Kier molecular flexibility index (Phi) is 5.53. The van der Waals surface area contributed by atoms with Crippen molar-refractivity contribution in [3.05, 3.63) is 78.2 Å². The van der Waals surface area contributed by atoms with E-state index in [2.05, 4.69) is 20.2 Å². The predicted octanol–water partition coefficient (Wildman–Crippen LogP) is 3.26. The Balaban J connectivity index is 1.36. The van der Waals surface area contributed by atoms with E-state index >= 15 is 0 Å². The smallest absolute Gasteiger partial charge is 0.407 e. The van der Waals surface area contributed by atoms with Crippen molar-refractivity contribution in [2.75, 3.05) is 29.0 Å². The van der Waals surface area contributed by atoms with Crippen LogP contribution >= 0.6 is 0 Å². The Labute approximate surface area is 197 Å². The lowest BCUT2D eigenvalue weighted by Gasteiger charge is -2.58. The maximum atomic E-state index is 12.7. The first-order valence-corrected chi connectivity index (χ1v) is 11.2. The lowest BCUT2D eigenvalue weighted by atomic mass is 9.75. The van der Waals surface area contributed by atoms with Crippen LogP contribution in [0.15, 0.2) is 67.1 Å². The molecule has 2 aromatic heterocycles. The van der Waals surface area contributed by atoms with Gasteiger partial charge in [-0.25, -0.2) is 9.78 Å². The van der Waals surface area contributed by atoms with Crippen LogP contribution in [0.25, 0.3) is 0 Å². The number of hydrogen-bond acceptors (Lipinski definition) is 6. The van der Waals surface area contributed by atoms with E-state index in [0.717, 1.165) is 24.2 Å². The summed E-state index contributed by atoms with van der Waals surface area (Å²) in [6.07, 6.45) is 6.42. The molecule has 3 saturated heterocycles. The lowest BCUT2D eigenvalue weighted by Crippen LogP contribution is -2.72. The highest BCUT2D eigenvalue weighted by atomic mass is 16.4. The highest BCUT2D eigenvalue weighted by molar-refractivity contribution is 6.05. The highest BCUT2D eigenvalue weighted by Gasteiger charge is 2.52. The molecule has 6 rings (SSSR count). The maximum absolute atomic E-state index is 12.7. The molecule has 9 nitrogen and oxygen atoms in total. The van der Waals surface area contributed by atoms with Crippen LogP contribution in [-0.4, -0.2) is 56.6 Å². The molecule has 2 atom stereocenters. The molecule has 174 valence electrons. The van der Waals surface area contributed by atoms with Gasteiger partial charge in [0.25, 0.3) is 5.91 Å². The summed E-state index contributed by atoms with van der Waals surface area (Å²) in [5.41, 5.74) is 7.84. The van der Waals surface area contributed by atoms with Crippen molar-refractivity contribution < 1.29 is 14.7 Å². The van der Waals surface area contributed by atoms with E-state index in [4.69, 9.17) is 5.73 Å². The number of benzene rings is 1. The molecule has 4 N–H and O–H groups in total. The van der Waals surface area contributed by atoms with Gasteiger partial charge in [-0.3, -0.25) is 14.7 Å². The second kappa shape index (κ2) is 8.66. The second-order valence-corrected chi connectivity index (χ2v) is 8.92. The molecule has 5 heterocycles. The number of rotatable bonds is 5. The Morgan fingerprint density at radius 1 is 1.15 bits per heavy atom. The summed E-state index contributed by atoms with van der Waals surface area (Å²) in [6, 6.07) is 14.5. The van der Waals surface area contributed by atoms with Crippen LogP contribution in [-0.2, 0) is 6.42 Å². The number of hydrogen-bond donors (Lipinski definition) is 3. The van der Waals surface area contributed by atoms with Gasteiger partial charge in [0.15, 0.2) is 0 Å². The van der Waals surface area contributed by atoms with E-state index in [1.165, 1.54) is 0 Å². The van der Waals surface area contributed by atoms with Crippen molar-refractivity contribution in [2.24, 2.45) is 0 Å². The van der Waals surface area contributed by atoms with Crippen LogP contribution in [0.1, 0.15) is 28.8 Å². The summed E-state index contributed by atoms with van der Waals surface area (Å²) in [5, 5.41) is 12.7. The number of anilines is 3. The van der Waals surface area contributed by atoms with Gasteiger partial charge in [0.05, 0.1) is 22.5 Å². The van der Waals surface area contributed by atoms with E-state index in [1.54, 1.807) is 53.8 Å². The van der Waals surface area contributed by atoms with E-state index in [9.17, 15) is 14.7 Å². The third-order valence-electron chi connectivity index (χ3n) is 6.81. The minimum Gasteiger partial charge on any atom is -0.465 e. The number of aromatic nitrogens is 2. The topological polar surface area (TPSA) is 125 Å². The van der Waals surface area contributed by atoms with Gasteiger partial charge in [-0.05, 0) is 55.2 Å². The van der Waals surface area contributed by atoms with E-state index in [0.29, 0.717) is 36.4 Å². The molecule has 1 aromatic carbocycles. The molecule has 2 bridgehead atoms. The third kappa shape index (κ3) is 4.00. The molecule has 3 aromatic rings. The molecular formula is C25H26N6O3. The van der Waals surface area contributed by atoms with Gasteiger partial charge in [-0.15, -0.1) is 0 Å². The number of amides is 2. The number of piperidine rings is 2. The standard InChI is InChI=1S/C25H26N6O3/c26-20-5-1-2-6-21(20)29-23(32)18-7-8-22(28-14-18)30-16-25(12-17-4-3-11-27-13-17)10-9-19(30)15-31(25)24(33)34/h1-8,11,13-14,19H,9-10,12,15-16,26H2,(H,29,32)(H,33,34). The largest absolute Gasteiger partial charge is 0.465 e. The summed E-state index contributed by atoms with van der Waals surface area (Å²) >= 11 is 0. The molecule has 2 amide bonds. The van der Waals surface area contributed by atoms with Gasteiger partial charge < -0.3 is 21.1 Å². The number of piperazine rings is 1. The zero-order valence-electron chi connectivity index (χ0n) is 18.6. The molecule has 3 aliphatic heterocycles. The highest BCUT2D eigenvalue weighted by Crippen LogP contribution is 2.41. The fourth-order valence-electron chi connectivity index (χ4n) is 5.10. The molecule has 34 heavy (non-hydrogen) atoms. The summed E-state index contributed by atoms with van der Waals surface area (Å²) < 4.78 is 0. The summed E-state index contributed by atoms with van der Waals surface area (Å²) in [6.45, 7) is 0.963. The Hall–Kier alpha value is -4.14. The van der Waals surface area contributed by atoms with Gasteiger partial charge in [0.1, 0.15) is 5.82 Å². The summed E-state index contributed by atoms with van der Waals surface area (Å²) in [7, 11) is 0. The molecule has 0 aliphatic carbocycles. The summed E-state index contributed by atoms with van der Waals surface area (Å²) in [4.78, 5) is 37.3. The van der Waals surface area contributed by atoms with E-state index < -0.39 is 11.6 Å². The molecule has 0 radical (unpaired) electrons. The molecular weight excluding hydrogens is 432 g/mol. The number of nitrogen functional groups attached to an aromatic ring is 1. The van der Waals surface area contributed by atoms with Crippen LogP contribution in [0.3, 0.4) is 0 Å². The number of fused-ring (bicyclic) bond motifs is 3. The fraction of sp³-hybridized carbons (Fsp3) is 0.280. The van der Waals surface area contributed by atoms with Crippen molar-refractivity contribution in [1.29, 1.82) is 0 Å². The SMILES string of the molecule is Nc1ccccc1NC(=O)c1ccc(N2CC3(Cc4cccnc4)CCC2CN3C(=O)O)nc1. The van der Waals surface area contributed by atoms with Crippen LogP contribution in [0, 0.1) is 0 Å². The maximum Gasteiger partial charge on any atom is 0.407 e. The van der Waals surface area contributed by atoms with Crippen molar-refractivity contribution in [1.82, 2.24) is 14.9 Å².